The average molecular weight is 1200 g/mol. The van der Waals surface area contributed by atoms with E-state index in [1.807, 2.05) is 73.7 Å². The molecular formula is C58H88INO17. The van der Waals surface area contributed by atoms with E-state index in [2.05, 4.69) is 0 Å². The van der Waals surface area contributed by atoms with Gasteiger partial charge >= 0.3 is 17.9 Å². The van der Waals surface area contributed by atoms with Gasteiger partial charge in [-0.1, -0.05) is 93.7 Å². The van der Waals surface area contributed by atoms with E-state index in [0.717, 1.165) is 10.5 Å². The molecule has 0 aromatic heterocycles. The molecule has 19 heteroatoms. The first-order chi connectivity index (χ1) is 36.4. The first kappa shape index (κ1) is 65.8. The molecule has 0 radical (unpaired) electrons. The summed E-state index contributed by atoms with van der Waals surface area (Å²) in [5.74, 6) is -9.98. The molecule has 0 spiro atoms. The number of aliphatic hydroxyl groups excluding tert-OH is 2. The Morgan fingerprint density at radius 1 is 0.909 bits per heavy atom. The van der Waals surface area contributed by atoms with Crippen molar-refractivity contribution in [2.24, 2.45) is 40.9 Å². The number of amides is 1. The first-order valence-electron chi connectivity index (χ1n) is 27.4. The van der Waals surface area contributed by atoms with Crippen LogP contribution in [0, 0.1) is 40.9 Å². The number of methoxy groups -OCH3 is 3. The number of halogens is 1. The minimum absolute atomic E-state index is 0.0106. The number of esters is 3. The van der Waals surface area contributed by atoms with Crippen LogP contribution in [0.25, 0.3) is 0 Å². The Labute approximate surface area is 469 Å². The number of hydrogen-bond acceptors (Lipinski definition) is 17. The Balaban J connectivity index is 1.68. The molecule has 2 bridgehead atoms. The summed E-state index contributed by atoms with van der Waals surface area (Å²) in [6.07, 6.45) is 9.52. The van der Waals surface area contributed by atoms with Crippen molar-refractivity contribution >= 4 is 63.8 Å². The van der Waals surface area contributed by atoms with Crippen LogP contribution in [0.4, 0.5) is 0 Å². The molecule has 3 aliphatic heterocycles. The fourth-order valence-electron chi connectivity index (χ4n) is 11.0. The summed E-state index contributed by atoms with van der Waals surface area (Å²) in [7, 11) is 4.43. The molecule has 0 aromatic carbocycles. The number of hydrogen-bond donors (Lipinski definition) is 3. The van der Waals surface area contributed by atoms with Crippen LogP contribution in [0.5, 0.6) is 0 Å². The third kappa shape index (κ3) is 17.9. The standard InChI is InChI=1S/C58H88INO17/c1-34-17-13-12-14-18-35(2)46(71-9)29-42-22-20-40(7)58(70,77-42)53(66)54(67)60-24-16-15-19-43(60)55(68)75-47(30-44(62)36(3)26-39(6)51(65)52(73-11)50(64)38(5)25-34)37(4)27-41-21-23-45(48(28-41)72-10)76-56(69)57(8,32-61)33-74-49(63)31-59/h12-14,17-18,26,34,37-43,45-48,51-52,61,65,70H,15-16,19-25,27-33H2,1-11H3/t34-,37-,38-,39?,40-,41+,42+,43+,45-,46+,47+,48-,51-,52+,57?,58-/m1/s1. The summed E-state index contributed by atoms with van der Waals surface area (Å²) in [6.45, 7) is 13.0. The second-order valence-corrected chi connectivity index (χ2v) is 23.3. The van der Waals surface area contributed by atoms with Crippen molar-refractivity contribution in [1.82, 2.24) is 4.90 Å². The summed E-state index contributed by atoms with van der Waals surface area (Å²) >= 11 is 1.84. The summed E-state index contributed by atoms with van der Waals surface area (Å²) in [4.78, 5) is 97.9. The first-order valence-corrected chi connectivity index (χ1v) is 28.9. The van der Waals surface area contributed by atoms with Crippen molar-refractivity contribution in [3.8, 4) is 0 Å². The van der Waals surface area contributed by atoms with Crippen molar-refractivity contribution in [1.29, 1.82) is 0 Å². The number of alkyl halides is 1. The topological polar surface area (TPSA) is 248 Å². The molecule has 1 saturated carbocycles. The largest absolute Gasteiger partial charge is 0.464 e. The molecule has 77 heavy (non-hydrogen) atoms. The van der Waals surface area contributed by atoms with Gasteiger partial charge in [0.2, 0.25) is 5.79 Å². The maximum Gasteiger partial charge on any atom is 0.329 e. The molecule has 16 atom stereocenters. The minimum Gasteiger partial charge on any atom is -0.464 e. The van der Waals surface area contributed by atoms with Crippen molar-refractivity contribution in [2.75, 3.05) is 45.5 Å². The maximum absolute atomic E-state index is 14.6. The van der Waals surface area contributed by atoms with Crippen LogP contribution >= 0.6 is 22.6 Å². The van der Waals surface area contributed by atoms with Gasteiger partial charge in [-0.05, 0) is 114 Å². The van der Waals surface area contributed by atoms with Gasteiger partial charge in [0.25, 0.3) is 11.7 Å². The quantitative estimate of drug-likeness (QED) is 0.0604. The molecule has 1 amide bonds. The highest BCUT2D eigenvalue weighted by atomic mass is 127. The lowest BCUT2D eigenvalue weighted by molar-refractivity contribution is -0.265. The van der Waals surface area contributed by atoms with Crippen LogP contribution in [-0.4, -0.2) is 161 Å². The zero-order valence-corrected chi connectivity index (χ0v) is 49.4. The van der Waals surface area contributed by atoms with Crippen molar-refractivity contribution in [3.05, 3.63) is 47.6 Å². The fourth-order valence-corrected chi connectivity index (χ4v) is 11.2. The molecule has 2 unspecified atom stereocenters. The summed E-state index contributed by atoms with van der Waals surface area (Å²) in [5.41, 5.74) is -0.387. The Morgan fingerprint density at radius 3 is 2.27 bits per heavy atom. The van der Waals surface area contributed by atoms with Gasteiger partial charge in [-0.15, -0.1) is 0 Å². The van der Waals surface area contributed by atoms with Crippen LogP contribution < -0.4 is 0 Å². The Morgan fingerprint density at radius 2 is 1.62 bits per heavy atom. The Kier molecular flexibility index (Phi) is 26.3. The molecule has 0 aromatic rings. The van der Waals surface area contributed by atoms with Crippen molar-refractivity contribution < 1.29 is 82.0 Å². The van der Waals surface area contributed by atoms with Crippen molar-refractivity contribution in [3.63, 3.8) is 0 Å². The highest BCUT2D eigenvalue weighted by Gasteiger charge is 2.53. The monoisotopic (exact) mass is 1200 g/mol. The normalized spacial score (nSPS) is 34.5. The van der Waals surface area contributed by atoms with Crippen LogP contribution in [0.3, 0.4) is 0 Å². The van der Waals surface area contributed by atoms with Gasteiger partial charge in [0.1, 0.15) is 36.4 Å². The van der Waals surface area contributed by atoms with E-state index in [1.54, 1.807) is 40.9 Å². The number of nitrogens with zero attached hydrogens (tertiary/aromatic N) is 1. The molecular weight excluding hydrogens is 1110 g/mol. The Bertz CT molecular complexity index is 2160. The van der Waals surface area contributed by atoms with Gasteiger partial charge in [0.05, 0.1) is 35.5 Å². The smallest absolute Gasteiger partial charge is 0.329 e. The molecule has 3 fully saturated rings. The van der Waals surface area contributed by atoms with Gasteiger partial charge in [0.15, 0.2) is 11.6 Å². The van der Waals surface area contributed by atoms with Gasteiger partial charge in [-0.3, -0.25) is 28.8 Å². The van der Waals surface area contributed by atoms with E-state index in [9.17, 15) is 48.9 Å². The van der Waals surface area contributed by atoms with Crippen LogP contribution in [0.2, 0.25) is 0 Å². The van der Waals surface area contributed by atoms with E-state index >= 15 is 0 Å². The summed E-state index contributed by atoms with van der Waals surface area (Å²) in [6, 6.07) is -1.22. The number of allylic oxidation sites excluding steroid dienone is 6. The highest BCUT2D eigenvalue weighted by Crippen LogP contribution is 2.39. The zero-order valence-electron chi connectivity index (χ0n) is 47.2. The SMILES string of the molecule is CO[C@H]1C[C@@H]2CC[C@@H](C)[C@@](O)(O2)C(=O)C(=O)N2CCCC[C@H]2C(=O)O[C@H]([C@H](C)C[C@@H]2CC[C@@H](OC(=O)C(C)(CO)COC(=O)CI)[C@H](OC)C2)CC(=O)C(C)=CC(C)[C@@H](O)[C@@H](OC)C(=O)[C@H](C)C[C@H](C)C=CC=CC=C1C. The Hall–Kier alpha value is -3.70. The third-order valence-corrected chi connectivity index (χ3v) is 16.8. The number of piperidine rings is 1. The van der Waals surface area contributed by atoms with Gasteiger partial charge < -0.3 is 53.4 Å². The highest BCUT2D eigenvalue weighted by molar-refractivity contribution is 14.1. The number of rotatable bonds is 12. The average Bonchev–Trinajstić information content (AvgIpc) is 3.41. The molecule has 4 rings (SSSR count). The number of cyclic esters (lactones) is 1. The lowest BCUT2D eigenvalue weighted by Gasteiger charge is -2.42. The number of Topliss-reactive ketones (excluding diaryl/α,β-unsaturated/α-hetero) is 3. The van der Waals surface area contributed by atoms with E-state index in [1.165, 1.54) is 21.1 Å². The number of aliphatic hydroxyl groups is 3. The number of ether oxygens (including phenoxy) is 7. The van der Waals surface area contributed by atoms with E-state index in [4.69, 9.17) is 33.2 Å². The third-order valence-electron chi connectivity index (χ3n) is 16.2. The molecule has 3 N–H and O–H groups in total. The summed E-state index contributed by atoms with van der Waals surface area (Å²) in [5, 5.41) is 33.7. The van der Waals surface area contributed by atoms with E-state index in [-0.39, 0.29) is 60.0 Å². The molecule has 434 valence electrons. The second kappa shape index (κ2) is 30.8. The molecule has 1 aliphatic carbocycles. The predicted octanol–water partition coefficient (Wildman–Crippen LogP) is 6.71. The van der Waals surface area contributed by atoms with Crippen molar-refractivity contribution in [2.45, 2.75) is 187 Å². The van der Waals surface area contributed by atoms with E-state index < -0.39 is 126 Å². The van der Waals surface area contributed by atoms with Gasteiger partial charge in [-0.2, -0.15) is 0 Å². The van der Waals surface area contributed by atoms with Crippen LogP contribution in [0.15, 0.2) is 47.6 Å². The van der Waals surface area contributed by atoms with Gasteiger partial charge in [0, 0.05) is 58.5 Å². The number of fused-ring (bicyclic) bond motifs is 3. The zero-order chi connectivity index (χ0) is 57.4. The molecule has 2 saturated heterocycles. The van der Waals surface area contributed by atoms with Gasteiger partial charge in [-0.25, -0.2) is 4.79 Å². The summed E-state index contributed by atoms with van der Waals surface area (Å²) < 4.78 is 40.9. The second-order valence-electron chi connectivity index (χ2n) is 22.5. The lowest BCUT2D eigenvalue weighted by atomic mass is 9.78. The molecule has 4 aliphatic rings. The van der Waals surface area contributed by atoms with Crippen LogP contribution in [0.1, 0.15) is 132 Å². The number of ketones is 3. The minimum atomic E-state index is -2.48. The number of carbonyl (C=O) groups is 7. The number of carbonyl (C=O) groups excluding carboxylic acids is 7. The lowest BCUT2D eigenvalue weighted by Crippen LogP contribution is -2.61. The fraction of sp³-hybridized carbons (Fsp3) is 0.741. The predicted molar refractivity (Wildman–Crippen MR) is 294 cm³/mol. The maximum atomic E-state index is 14.6. The molecule has 3 heterocycles. The van der Waals surface area contributed by atoms with E-state index in [0.29, 0.717) is 57.8 Å². The molecule has 18 nitrogen and oxygen atoms in total. The van der Waals surface area contributed by atoms with Crippen LogP contribution in [-0.2, 0) is 66.7 Å².